The summed E-state index contributed by atoms with van der Waals surface area (Å²) in [5, 5.41) is 0. The van der Waals surface area contributed by atoms with Crippen LogP contribution < -0.4 is 4.90 Å². The predicted octanol–water partition coefficient (Wildman–Crippen LogP) is 2.82. The van der Waals surface area contributed by atoms with Gasteiger partial charge in [0.05, 0.1) is 0 Å². The molecular formula is C13H17NO. The summed E-state index contributed by atoms with van der Waals surface area (Å²) >= 11 is 0. The topological polar surface area (TPSA) is 12.5 Å². The Labute approximate surface area is 91.2 Å². The Balaban J connectivity index is 2.15. The molecule has 1 unspecified atom stereocenters. The molecule has 1 heterocycles. The molecule has 2 heteroatoms. The van der Waals surface area contributed by atoms with Crippen molar-refractivity contribution in [1.82, 2.24) is 0 Å². The zero-order valence-electron chi connectivity index (χ0n) is 9.10. The van der Waals surface area contributed by atoms with Gasteiger partial charge in [0.1, 0.15) is 6.23 Å². The predicted molar refractivity (Wildman–Crippen MR) is 63.0 cm³/mol. The first kappa shape index (κ1) is 10.2. The Morgan fingerprint density at radius 1 is 1.27 bits per heavy atom. The summed E-state index contributed by atoms with van der Waals surface area (Å²) in [5.74, 6) is 0. The van der Waals surface area contributed by atoms with Gasteiger partial charge in [0.15, 0.2) is 0 Å². The Morgan fingerprint density at radius 3 is 2.80 bits per heavy atom. The Bertz CT molecular complexity index is 321. The number of rotatable bonds is 3. The minimum atomic E-state index is 0.197. The molecule has 0 N–H and O–H groups in total. The highest BCUT2D eigenvalue weighted by molar-refractivity contribution is 5.48. The maximum atomic E-state index is 5.72. The molecule has 0 spiro atoms. The summed E-state index contributed by atoms with van der Waals surface area (Å²) in [4.78, 5) is 2.30. The lowest BCUT2D eigenvalue weighted by Crippen LogP contribution is -2.39. The third-order valence-corrected chi connectivity index (χ3v) is 2.60. The van der Waals surface area contributed by atoms with Gasteiger partial charge in [0.25, 0.3) is 0 Å². The minimum absolute atomic E-state index is 0.197. The summed E-state index contributed by atoms with van der Waals surface area (Å²) in [6, 6.07) is 10.4. The lowest BCUT2D eigenvalue weighted by Gasteiger charge is -2.34. The Hall–Kier alpha value is -1.28. The average Bonchev–Trinajstić information content (AvgIpc) is 2.31. The quantitative estimate of drug-likeness (QED) is 0.700. The lowest BCUT2D eigenvalue weighted by molar-refractivity contribution is 0.0615. The monoisotopic (exact) mass is 203 g/mol. The van der Waals surface area contributed by atoms with Crippen molar-refractivity contribution < 1.29 is 4.74 Å². The van der Waals surface area contributed by atoms with Gasteiger partial charge in [-0.1, -0.05) is 30.4 Å². The first-order valence-electron chi connectivity index (χ1n) is 5.50. The van der Waals surface area contributed by atoms with Gasteiger partial charge in [0.2, 0.25) is 0 Å². The third-order valence-electron chi connectivity index (χ3n) is 2.60. The van der Waals surface area contributed by atoms with Crippen molar-refractivity contribution in [2.45, 2.75) is 19.6 Å². The summed E-state index contributed by atoms with van der Waals surface area (Å²) in [6.07, 6.45) is 5.56. The number of nitrogens with zero attached hydrogens (tertiary/aromatic N) is 1. The molecule has 1 aliphatic rings. The van der Waals surface area contributed by atoms with Crippen molar-refractivity contribution in [3.8, 4) is 0 Å². The molecule has 1 aliphatic heterocycles. The van der Waals surface area contributed by atoms with E-state index in [1.165, 1.54) is 5.69 Å². The van der Waals surface area contributed by atoms with Crippen LogP contribution in [0.5, 0.6) is 0 Å². The minimum Gasteiger partial charge on any atom is -0.358 e. The molecule has 0 fully saturated rings. The van der Waals surface area contributed by atoms with E-state index in [-0.39, 0.29) is 6.23 Å². The van der Waals surface area contributed by atoms with Gasteiger partial charge in [-0.3, -0.25) is 0 Å². The molecule has 1 atom stereocenters. The molecule has 0 amide bonds. The van der Waals surface area contributed by atoms with E-state index in [0.717, 1.165) is 19.6 Å². The van der Waals surface area contributed by atoms with Gasteiger partial charge in [-0.15, -0.1) is 0 Å². The molecule has 2 rings (SSSR count). The number of benzene rings is 1. The van der Waals surface area contributed by atoms with Crippen molar-refractivity contribution in [2.24, 2.45) is 0 Å². The van der Waals surface area contributed by atoms with Crippen LogP contribution in [0.15, 0.2) is 42.5 Å². The second-order valence-corrected chi connectivity index (χ2v) is 3.61. The van der Waals surface area contributed by atoms with Gasteiger partial charge in [-0.05, 0) is 19.1 Å². The molecule has 1 aromatic carbocycles. The fraction of sp³-hybridized carbons (Fsp3) is 0.385. The van der Waals surface area contributed by atoms with Crippen molar-refractivity contribution in [3.05, 3.63) is 42.5 Å². The maximum Gasteiger partial charge on any atom is 0.133 e. The first-order chi connectivity index (χ1) is 7.42. The van der Waals surface area contributed by atoms with Crippen LogP contribution in [0, 0.1) is 0 Å². The Morgan fingerprint density at radius 2 is 2.07 bits per heavy atom. The number of para-hydroxylation sites is 1. The van der Waals surface area contributed by atoms with E-state index in [4.69, 9.17) is 4.74 Å². The van der Waals surface area contributed by atoms with Crippen LogP contribution >= 0.6 is 0 Å². The molecule has 0 aromatic heterocycles. The van der Waals surface area contributed by atoms with Gasteiger partial charge in [-0.2, -0.15) is 0 Å². The van der Waals surface area contributed by atoms with Gasteiger partial charge in [-0.25, -0.2) is 0 Å². The normalized spacial score (nSPS) is 20.6. The molecular weight excluding hydrogens is 186 g/mol. The molecule has 15 heavy (non-hydrogen) atoms. The van der Waals surface area contributed by atoms with E-state index in [1.54, 1.807) is 0 Å². The summed E-state index contributed by atoms with van der Waals surface area (Å²) in [6.45, 7) is 3.75. The number of anilines is 1. The van der Waals surface area contributed by atoms with Crippen LogP contribution in [0.4, 0.5) is 5.69 Å². The SMILES string of the molecule is CCOC1CC=CCN1c1ccccc1. The van der Waals surface area contributed by atoms with Crippen molar-refractivity contribution in [1.29, 1.82) is 0 Å². The van der Waals surface area contributed by atoms with E-state index in [9.17, 15) is 0 Å². The van der Waals surface area contributed by atoms with Crippen LogP contribution in [-0.2, 0) is 4.74 Å². The molecule has 0 bridgehead atoms. The van der Waals surface area contributed by atoms with Gasteiger partial charge in [0, 0.05) is 25.3 Å². The van der Waals surface area contributed by atoms with Crippen molar-refractivity contribution >= 4 is 5.69 Å². The van der Waals surface area contributed by atoms with Crippen LogP contribution in [0.25, 0.3) is 0 Å². The van der Waals surface area contributed by atoms with E-state index in [1.807, 2.05) is 13.0 Å². The average molecular weight is 203 g/mol. The standard InChI is InChI=1S/C13H17NO/c1-2-15-13-10-6-7-11-14(13)12-8-4-3-5-9-12/h3-9,13H,2,10-11H2,1H3. The van der Waals surface area contributed by atoms with Gasteiger partial charge < -0.3 is 9.64 Å². The first-order valence-corrected chi connectivity index (χ1v) is 5.50. The van der Waals surface area contributed by atoms with Crippen LogP contribution in [0.1, 0.15) is 13.3 Å². The van der Waals surface area contributed by atoms with Crippen LogP contribution in [0.2, 0.25) is 0 Å². The number of hydrogen-bond donors (Lipinski definition) is 0. The molecule has 0 saturated carbocycles. The number of ether oxygens (including phenoxy) is 1. The smallest absolute Gasteiger partial charge is 0.133 e. The second-order valence-electron chi connectivity index (χ2n) is 3.61. The molecule has 0 saturated heterocycles. The fourth-order valence-corrected chi connectivity index (χ4v) is 1.89. The van der Waals surface area contributed by atoms with Crippen molar-refractivity contribution in [2.75, 3.05) is 18.1 Å². The van der Waals surface area contributed by atoms with E-state index in [0.29, 0.717) is 0 Å². The lowest BCUT2D eigenvalue weighted by atomic mass is 10.2. The number of hydrogen-bond acceptors (Lipinski definition) is 2. The highest BCUT2D eigenvalue weighted by Gasteiger charge is 2.19. The van der Waals surface area contributed by atoms with Crippen LogP contribution in [0.3, 0.4) is 0 Å². The van der Waals surface area contributed by atoms with Crippen molar-refractivity contribution in [3.63, 3.8) is 0 Å². The summed E-state index contributed by atoms with van der Waals surface area (Å²) in [5.41, 5.74) is 1.24. The van der Waals surface area contributed by atoms with E-state index in [2.05, 4.69) is 41.3 Å². The summed E-state index contributed by atoms with van der Waals surface area (Å²) < 4.78 is 5.72. The molecule has 80 valence electrons. The van der Waals surface area contributed by atoms with E-state index < -0.39 is 0 Å². The van der Waals surface area contributed by atoms with E-state index >= 15 is 0 Å². The molecule has 0 aliphatic carbocycles. The zero-order valence-corrected chi connectivity index (χ0v) is 9.10. The van der Waals surface area contributed by atoms with Crippen LogP contribution in [-0.4, -0.2) is 19.4 Å². The van der Waals surface area contributed by atoms with Gasteiger partial charge >= 0.3 is 0 Å². The maximum absolute atomic E-state index is 5.72. The highest BCUT2D eigenvalue weighted by atomic mass is 16.5. The fourth-order valence-electron chi connectivity index (χ4n) is 1.89. The Kier molecular flexibility index (Phi) is 3.41. The molecule has 2 nitrogen and oxygen atoms in total. The molecule has 1 aromatic rings. The second kappa shape index (κ2) is 4.99. The summed E-state index contributed by atoms with van der Waals surface area (Å²) in [7, 11) is 0. The zero-order chi connectivity index (χ0) is 10.5. The third kappa shape index (κ3) is 2.39. The molecule has 0 radical (unpaired) electrons. The largest absolute Gasteiger partial charge is 0.358 e. The highest BCUT2D eigenvalue weighted by Crippen LogP contribution is 2.21.